The number of hydrogen-bond acceptors (Lipinski definition) is 9. The second-order valence-electron chi connectivity index (χ2n) is 16.0. The highest BCUT2D eigenvalue weighted by Gasteiger charge is 2.39. The zero-order valence-corrected chi connectivity index (χ0v) is 34.5. The van der Waals surface area contributed by atoms with Gasteiger partial charge in [-0.3, -0.25) is 24.0 Å². The Morgan fingerprint density at radius 3 is 1.66 bits per heavy atom. The number of carbonyl (C=O) groups is 6. The molecule has 1 aromatic heterocycles. The molecule has 15 heteroatoms. The number of carbonyl (C=O) groups excluding carboxylic acids is 5. The minimum atomic E-state index is -1.34. The Morgan fingerprint density at radius 1 is 0.678 bits per heavy atom. The molecular formula is C44H54N6O9. The number of carboxylic acids is 1. The molecule has 0 aliphatic rings. The third-order valence-electron chi connectivity index (χ3n) is 8.87. The van der Waals surface area contributed by atoms with Crippen LogP contribution in [0.4, 0.5) is 4.79 Å². The van der Waals surface area contributed by atoms with E-state index in [2.05, 4.69) is 21.3 Å². The summed E-state index contributed by atoms with van der Waals surface area (Å²) >= 11 is 0. The first-order valence-electron chi connectivity index (χ1n) is 19.3. The number of esters is 1. The van der Waals surface area contributed by atoms with Gasteiger partial charge in [0.05, 0.1) is 12.0 Å². The fourth-order valence-electron chi connectivity index (χ4n) is 6.39. The van der Waals surface area contributed by atoms with Gasteiger partial charge in [0.1, 0.15) is 41.4 Å². The van der Waals surface area contributed by atoms with Crippen molar-refractivity contribution in [1.29, 1.82) is 0 Å². The van der Waals surface area contributed by atoms with Crippen LogP contribution in [0.3, 0.4) is 0 Å². The summed E-state index contributed by atoms with van der Waals surface area (Å²) in [6.45, 7) is 10.7. The molecule has 3 atom stereocenters. The van der Waals surface area contributed by atoms with Crippen LogP contribution < -0.4 is 21.3 Å². The van der Waals surface area contributed by atoms with Gasteiger partial charge < -0.3 is 40.4 Å². The van der Waals surface area contributed by atoms with Gasteiger partial charge in [-0.25, -0.2) is 9.78 Å². The third-order valence-corrected chi connectivity index (χ3v) is 8.87. The topological polar surface area (TPSA) is 207 Å². The first kappa shape index (κ1) is 45.2. The quantitative estimate of drug-likeness (QED) is 0.0747. The molecule has 4 rings (SSSR count). The van der Waals surface area contributed by atoms with E-state index >= 15 is 0 Å². The number of hydrogen-bond donors (Lipinski definition) is 5. The zero-order valence-electron chi connectivity index (χ0n) is 34.5. The van der Waals surface area contributed by atoms with Crippen molar-refractivity contribution in [2.75, 3.05) is 6.54 Å². The van der Waals surface area contributed by atoms with Gasteiger partial charge in [0.15, 0.2) is 0 Å². The summed E-state index contributed by atoms with van der Waals surface area (Å²) in [4.78, 5) is 81.7. The summed E-state index contributed by atoms with van der Waals surface area (Å²) in [5.74, 6) is -4.35. The highest BCUT2D eigenvalue weighted by atomic mass is 16.6. The summed E-state index contributed by atoms with van der Waals surface area (Å²) in [6.07, 6.45) is 2.02. The lowest BCUT2D eigenvalue weighted by Crippen LogP contribution is -2.56. The molecule has 0 saturated heterocycles. The number of carboxylic acid groups (broad SMARTS) is 1. The van der Waals surface area contributed by atoms with E-state index in [9.17, 15) is 28.8 Å². The van der Waals surface area contributed by atoms with E-state index < -0.39 is 77.2 Å². The molecule has 5 N–H and O–H groups in total. The van der Waals surface area contributed by atoms with Crippen molar-refractivity contribution in [1.82, 2.24) is 30.8 Å². The Hall–Kier alpha value is -6.51. The Morgan fingerprint density at radius 2 is 1.19 bits per heavy atom. The van der Waals surface area contributed by atoms with Crippen LogP contribution in [0.2, 0.25) is 0 Å². The first-order chi connectivity index (χ1) is 27.8. The number of alkyl carbamates (subject to hydrolysis) is 1. The maximum atomic E-state index is 14.0. The Bertz CT molecular complexity index is 1960. The van der Waals surface area contributed by atoms with Crippen molar-refractivity contribution in [3.63, 3.8) is 0 Å². The van der Waals surface area contributed by atoms with Crippen molar-refractivity contribution < 1.29 is 43.3 Å². The minimum absolute atomic E-state index is 0.114. The summed E-state index contributed by atoms with van der Waals surface area (Å²) < 4.78 is 12.8. The summed E-state index contributed by atoms with van der Waals surface area (Å²) in [7, 11) is 0. The standard InChI is InChI=1S/C44H54N6O9/c1-29(38(54)48-34(39(55)45-26-36(51)52)23-24-37(53)58-42(2,3)4)47-40(56)35(49-41(57)59-43(5,6)7)25-33-27-50(28-46-33)44(30-17-11-8-12-18-30,31-19-13-9-14-20-31)32-21-15-10-16-22-32/h8-22,27-29,34-35H,23-26H2,1-7H3,(H,45,55)(H,47,56)(H,48,54)(H,49,57)(H,51,52)/t29-,34-,35-/m0/s1. The van der Waals surface area contributed by atoms with E-state index in [4.69, 9.17) is 19.6 Å². The van der Waals surface area contributed by atoms with E-state index in [1.165, 1.54) is 6.92 Å². The van der Waals surface area contributed by atoms with Gasteiger partial charge in [-0.05, 0) is 71.6 Å². The smallest absolute Gasteiger partial charge is 0.408 e. The molecule has 0 unspecified atom stereocenters. The Balaban J connectivity index is 1.63. The number of aliphatic carboxylic acids is 1. The SMILES string of the molecule is C[C@H](NC(=O)[C@H](Cc1cn(C(c2ccccc2)(c2ccccc2)c2ccccc2)cn1)NC(=O)OC(C)(C)C)C(=O)N[C@@H](CCC(=O)OC(C)(C)C)C(=O)NCC(=O)O. The fraction of sp³-hybridized carbons (Fsp3) is 0.386. The molecule has 0 aliphatic carbocycles. The van der Waals surface area contributed by atoms with E-state index in [1.54, 1.807) is 47.9 Å². The van der Waals surface area contributed by atoms with Gasteiger partial charge in [-0.15, -0.1) is 0 Å². The van der Waals surface area contributed by atoms with Crippen molar-refractivity contribution in [3.8, 4) is 0 Å². The number of nitrogens with one attached hydrogen (secondary N) is 4. The van der Waals surface area contributed by atoms with Crippen LogP contribution in [-0.4, -0.2) is 86.3 Å². The van der Waals surface area contributed by atoms with Crippen LogP contribution in [0.5, 0.6) is 0 Å². The van der Waals surface area contributed by atoms with Gasteiger partial charge in [0.25, 0.3) is 0 Å². The van der Waals surface area contributed by atoms with Gasteiger partial charge in [-0.1, -0.05) is 91.0 Å². The van der Waals surface area contributed by atoms with Crippen molar-refractivity contribution >= 4 is 35.8 Å². The second-order valence-corrected chi connectivity index (χ2v) is 16.0. The zero-order chi connectivity index (χ0) is 43.4. The average Bonchev–Trinajstić information content (AvgIpc) is 3.63. The molecule has 0 aliphatic heterocycles. The van der Waals surface area contributed by atoms with Crippen molar-refractivity contribution in [2.45, 2.75) is 103 Å². The van der Waals surface area contributed by atoms with Crippen LogP contribution in [0, 0.1) is 0 Å². The molecule has 0 bridgehead atoms. The van der Waals surface area contributed by atoms with Gasteiger partial charge in [0, 0.05) is 19.0 Å². The highest BCUT2D eigenvalue weighted by molar-refractivity contribution is 5.94. The van der Waals surface area contributed by atoms with E-state index in [0.29, 0.717) is 5.69 Å². The van der Waals surface area contributed by atoms with E-state index in [0.717, 1.165) is 16.7 Å². The molecule has 15 nitrogen and oxygen atoms in total. The van der Waals surface area contributed by atoms with Gasteiger partial charge in [-0.2, -0.15) is 0 Å². The number of nitrogens with zero attached hydrogens (tertiary/aromatic N) is 2. The minimum Gasteiger partial charge on any atom is -0.480 e. The summed E-state index contributed by atoms with van der Waals surface area (Å²) in [5, 5.41) is 19.0. The number of aromatic nitrogens is 2. The van der Waals surface area contributed by atoms with Crippen LogP contribution >= 0.6 is 0 Å². The maximum Gasteiger partial charge on any atom is 0.408 e. The van der Waals surface area contributed by atoms with Crippen LogP contribution in [0.25, 0.3) is 0 Å². The molecule has 59 heavy (non-hydrogen) atoms. The lowest BCUT2D eigenvalue weighted by atomic mass is 9.77. The fourth-order valence-corrected chi connectivity index (χ4v) is 6.39. The van der Waals surface area contributed by atoms with Crippen LogP contribution in [0.1, 0.15) is 83.7 Å². The van der Waals surface area contributed by atoms with Crippen LogP contribution in [0.15, 0.2) is 104 Å². The monoisotopic (exact) mass is 810 g/mol. The van der Waals surface area contributed by atoms with E-state index in [1.807, 2.05) is 102 Å². The van der Waals surface area contributed by atoms with Gasteiger partial charge >= 0.3 is 18.0 Å². The van der Waals surface area contributed by atoms with Gasteiger partial charge in [0.2, 0.25) is 17.7 Å². The maximum absolute atomic E-state index is 14.0. The molecule has 0 saturated carbocycles. The number of imidazole rings is 1. The predicted molar refractivity (Wildman–Crippen MR) is 219 cm³/mol. The lowest BCUT2D eigenvalue weighted by molar-refractivity contribution is -0.155. The average molecular weight is 811 g/mol. The molecule has 1 heterocycles. The summed E-state index contributed by atoms with van der Waals surface area (Å²) in [6, 6.07) is 25.9. The van der Waals surface area contributed by atoms with Crippen LogP contribution in [-0.2, 0) is 45.4 Å². The summed E-state index contributed by atoms with van der Waals surface area (Å²) in [5.41, 5.74) is 0.694. The number of amides is 4. The largest absolute Gasteiger partial charge is 0.480 e. The van der Waals surface area contributed by atoms with Crippen molar-refractivity contribution in [2.24, 2.45) is 0 Å². The number of benzene rings is 3. The van der Waals surface area contributed by atoms with Crippen molar-refractivity contribution in [3.05, 3.63) is 126 Å². The van der Waals surface area contributed by atoms with E-state index in [-0.39, 0.29) is 19.3 Å². The Kier molecular flexibility index (Phi) is 15.1. The first-order valence-corrected chi connectivity index (χ1v) is 19.3. The highest BCUT2D eigenvalue weighted by Crippen LogP contribution is 2.40. The normalized spacial score (nSPS) is 13.2. The predicted octanol–water partition coefficient (Wildman–Crippen LogP) is 4.47. The molecule has 4 aromatic rings. The Labute approximate surface area is 344 Å². The molecule has 0 radical (unpaired) electrons. The molecule has 3 aromatic carbocycles. The third kappa shape index (κ3) is 13.0. The number of rotatable bonds is 17. The molecule has 4 amide bonds. The second kappa shape index (κ2) is 19.8. The molecule has 0 spiro atoms. The lowest BCUT2D eigenvalue weighted by Gasteiger charge is -2.37. The molecular weight excluding hydrogens is 757 g/mol. The number of ether oxygens (including phenoxy) is 2. The molecule has 0 fully saturated rings. The molecule has 314 valence electrons.